The van der Waals surface area contributed by atoms with Crippen LogP contribution in [0.15, 0.2) is 12.1 Å². The van der Waals surface area contributed by atoms with Crippen molar-refractivity contribution >= 4 is 11.6 Å². The van der Waals surface area contributed by atoms with Crippen LogP contribution < -0.4 is 4.74 Å². The molecule has 1 aromatic carbocycles. The molecular formula is C12H17ClO2. The number of hydrogen-bond donors (Lipinski definition) is 1. The number of ether oxygens (including phenoxy) is 1. The highest BCUT2D eigenvalue weighted by molar-refractivity contribution is 6.32. The summed E-state index contributed by atoms with van der Waals surface area (Å²) in [5, 5.41) is 9.44. The maximum atomic E-state index is 8.80. The van der Waals surface area contributed by atoms with Crippen LogP contribution in [0.3, 0.4) is 0 Å². The molecule has 0 atom stereocenters. The molecule has 0 aromatic heterocycles. The number of aryl methyl sites for hydroxylation is 2. The maximum absolute atomic E-state index is 8.80. The van der Waals surface area contributed by atoms with Gasteiger partial charge in [0.1, 0.15) is 5.75 Å². The highest BCUT2D eigenvalue weighted by atomic mass is 35.5. The van der Waals surface area contributed by atoms with Crippen LogP contribution in [0.25, 0.3) is 0 Å². The van der Waals surface area contributed by atoms with E-state index in [9.17, 15) is 0 Å². The van der Waals surface area contributed by atoms with Gasteiger partial charge >= 0.3 is 0 Å². The molecule has 84 valence electrons. The van der Waals surface area contributed by atoms with Gasteiger partial charge in [-0.05, 0) is 42.5 Å². The van der Waals surface area contributed by atoms with Crippen molar-refractivity contribution in [2.45, 2.75) is 26.2 Å². The SMILES string of the molecule is CCc1cc(OC)c(Cl)cc1CCCO. The van der Waals surface area contributed by atoms with Crippen molar-refractivity contribution in [1.82, 2.24) is 0 Å². The number of aliphatic hydroxyl groups excluding tert-OH is 1. The average molecular weight is 229 g/mol. The van der Waals surface area contributed by atoms with Crippen molar-refractivity contribution in [3.63, 3.8) is 0 Å². The number of hydrogen-bond acceptors (Lipinski definition) is 2. The summed E-state index contributed by atoms with van der Waals surface area (Å²) in [5.74, 6) is 0.723. The van der Waals surface area contributed by atoms with E-state index < -0.39 is 0 Å². The lowest BCUT2D eigenvalue weighted by atomic mass is 10.0. The number of methoxy groups -OCH3 is 1. The topological polar surface area (TPSA) is 29.5 Å². The Morgan fingerprint density at radius 2 is 2.07 bits per heavy atom. The van der Waals surface area contributed by atoms with Crippen molar-refractivity contribution in [2.75, 3.05) is 13.7 Å². The minimum Gasteiger partial charge on any atom is -0.495 e. The van der Waals surface area contributed by atoms with E-state index in [0.717, 1.165) is 25.0 Å². The zero-order valence-corrected chi connectivity index (χ0v) is 9.97. The van der Waals surface area contributed by atoms with Gasteiger partial charge in [0.05, 0.1) is 12.1 Å². The van der Waals surface area contributed by atoms with Gasteiger partial charge in [-0.1, -0.05) is 18.5 Å². The molecule has 0 aliphatic heterocycles. The number of halogens is 1. The Labute approximate surface area is 95.8 Å². The summed E-state index contributed by atoms with van der Waals surface area (Å²) in [7, 11) is 1.62. The molecule has 2 nitrogen and oxygen atoms in total. The van der Waals surface area contributed by atoms with E-state index in [2.05, 4.69) is 6.92 Å². The first-order valence-corrected chi connectivity index (χ1v) is 5.56. The van der Waals surface area contributed by atoms with E-state index in [0.29, 0.717) is 5.02 Å². The van der Waals surface area contributed by atoms with E-state index in [1.54, 1.807) is 7.11 Å². The largest absolute Gasteiger partial charge is 0.495 e. The molecule has 0 aliphatic carbocycles. The molecule has 1 N–H and O–H groups in total. The predicted molar refractivity (Wildman–Crippen MR) is 62.8 cm³/mol. The van der Waals surface area contributed by atoms with Crippen LogP contribution in [0.4, 0.5) is 0 Å². The Morgan fingerprint density at radius 1 is 1.33 bits per heavy atom. The first-order chi connectivity index (χ1) is 7.22. The fourth-order valence-electron chi connectivity index (χ4n) is 1.62. The third-order valence-corrected chi connectivity index (χ3v) is 2.75. The molecule has 0 fully saturated rings. The Balaban J connectivity index is 2.98. The van der Waals surface area contributed by atoms with Crippen molar-refractivity contribution in [3.8, 4) is 5.75 Å². The Bertz CT molecular complexity index is 324. The van der Waals surface area contributed by atoms with Crippen LogP contribution >= 0.6 is 11.6 Å². The second kappa shape index (κ2) is 5.99. The summed E-state index contributed by atoms with van der Waals surface area (Å²) in [5.41, 5.74) is 2.45. The molecule has 3 heteroatoms. The molecule has 0 heterocycles. The van der Waals surface area contributed by atoms with Gasteiger partial charge in [0.2, 0.25) is 0 Å². The molecule has 0 spiro atoms. The van der Waals surface area contributed by atoms with Crippen LogP contribution in [0.5, 0.6) is 5.75 Å². The van der Waals surface area contributed by atoms with Gasteiger partial charge in [-0.15, -0.1) is 0 Å². The molecule has 1 aromatic rings. The Hall–Kier alpha value is -0.730. The average Bonchev–Trinajstić information content (AvgIpc) is 2.26. The molecule has 15 heavy (non-hydrogen) atoms. The molecule has 0 aliphatic rings. The second-order valence-corrected chi connectivity index (χ2v) is 3.84. The summed E-state index contributed by atoms with van der Waals surface area (Å²) in [6.45, 7) is 2.32. The number of benzene rings is 1. The summed E-state index contributed by atoms with van der Waals surface area (Å²) in [4.78, 5) is 0. The van der Waals surface area contributed by atoms with Crippen molar-refractivity contribution in [3.05, 3.63) is 28.3 Å². The van der Waals surface area contributed by atoms with Crippen LogP contribution in [0.2, 0.25) is 5.02 Å². The number of aliphatic hydroxyl groups is 1. The van der Waals surface area contributed by atoms with Gasteiger partial charge in [-0.3, -0.25) is 0 Å². The molecule has 0 amide bonds. The third kappa shape index (κ3) is 3.11. The van der Waals surface area contributed by atoms with Crippen LogP contribution in [-0.4, -0.2) is 18.8 Å². The third-order valence-electron chi connectivity index (χ3n) is 2.46. The monoisotopic (exact) mass is 228 g/mol. The van der Waals surface area contributed by atoms with E-state index in [1.807, 2.05) is 12.1 Å². The van der Waals surface area contributed by atoms with Gasteiger partial charge in [-0.2, -0.15) is 0 Å². The molecule has 0 saturated carbocycles. The van der Waals surface area contributed by atoms with E-state index in [-0.39, 0.29) is 6.61 Å². The van der Waals surface area contributed by atoms with Gasteiger partial charge in [0, 0.05) is 6.61 Å². The van der Waals surface area contributed by atoms with E-state index >= 15 is 0 Å². The van der Waals surface area contributed by atoms with Crippen molar-refractivity contribution in [2.24, 2.45) is 0 Å². The van der Waals surface area contributed by atoms with Gasteiger partial charge in [0.15, 0.2) is 0 Å². The summed E-state index contributed by atoms with van der Waals surface area (Å²) < 4.78 is 5.17. The predicted octanol–water partition coefficient (Wildman–Crippen LogP) is 2.84. The van der Waals surface area contributed by atoms with E-state index in [1.165, 1.54) is 11.1 Å². The number of rotatable bonds is 5. The van der Waals surface area contributed by atoms with Crippen LogP contribution in [0.1, 0.15) is 24.5 Å². The fraction of sp³-hybridized carbons (Fsp3) is 0.500. The van der Waals surface area contributed by atoms with Crippen LogP contribution in [0, 0.1) is 0 Å². The second-order valence-electron chi connectivity index (χ2n) is 3.44. The smallest absolute Gasteiger partial charge is 0.137 e. The molecule has 0 bridgehead atoms. The van der Waals surface area contributed by atoms with Crippen molar-refractivity contribution in [1.29, 1.82) is 0 Å². The minimum atomic E-state index is 0.215. The van der Waals surface area contributed by atoms with Crippen LogP contribution in [-0.2, 0) is 12.8 Å². The molecule has 0 unspecified atom stereocenters. The normalized spacial score (nSPS) is 10.4. The Kier molecular flexibility index (Phi) is 4.92. The molecule has 1 rings (SSSR count). The molecule has 0 saturated heterocycles. The fourth-order valence-corrected chi connectivity index (χ4v) is 1.89. The summed E-state index contributed by atoms with van der Waals surface area (Å²) in [6.07, 6.45) is 2.59. The summed E-state index contributed by atoms with van der Waals surface area (Å²) in [6, 6.07) is 3.92. The quantitative estimate of drug-likeness (QED) is 0.840. The Morgan fingerprint density at radius 3 is 2.60 bits per heavy atom. The first-order valence-electron chi connectivity index (χ1n) is 5.19. The summed E-state index contributed by atoms with van der Waals surface area (Å²) >= 11 is 6.05. The van der Waals surface area contributed by atoms with Gasteiger partial charge in [0.25, 0.3) is 0 Å². The maximum Gasteiger partial charge on any atom is 0.137 e. The molecular weight excluding hydrogens is 212 g/mol. The van der Waals surface area contributed by atoms with Crippen molar-refractivity contribution < 1.29 is 9.84 Å². The highest BCUT2D eigenvalue weighted by Gasteiger charge is 2.07. The minimum absolute atomic E-state index is 0.215. The lowest BCUT2D eigenvalue weighted by Gasteiger charge is -2.11. The highest BCUT2D eigenvalue weighted by Crippen LogP contribution is 2.29. The van der Waals surface area contributed by atoms with Gasteiger partial charge < -0.3 is 9.84 Å². The first kappa shape index (κ1) is 12.3. The molecule has 0 radical (unpaired) electrons. The zero-order valence-electron chi connectivity index (χ0n) is 9.22. The lowest BCUT2D eigenvalue weighted by Crippen LogP contribution is -1.97. The van der Waals surface area contributed by atoms with E-state index in [4.69, 9.17) is 21.4 Å². The lowest BCUT2D eigenvalue weighted by molar-refractivity contribution is 0.288. The van der Waals surface area contributed by atoms with Gasteiger partial charge in [-0.25, -0.2) is 0 Å². The standard InChI is InChI=1S/C12H17ClO2/c1-3-9-8-12(15-2)11(13)7-10(9)5-4-6-14/h7-8,14H,3-6H2,1-2H3. The zero-order chi connectivity index (χ0) is 11.3.